The van der Waals surface area contributed by atoms with E-state index in [1.54, 1.807) is 49.4 Å². The van der Waals surface area contributed by atoms with Gasteiger partial charge >= 0.3 is 5.97 Å². The number of ether oxygens (including phenoxy) is 2. The molecule has 8 nitrogen and oxygen atoms in total. The largest absolute Gasteiger partial charge is 0.505 e. The van der Waals surface area contributed by atoms with Gasteiger partial charge < -0.3 is 24.1 Å². The lowest BCUT2D eigenvalue weighted by atomic mass is 9.97. The number of aromatic hydroxyl groups is 1. The summed E-state index contributed by atoms with van der Waals surface area (Å²) in [5, 5.41) is 20.3. The van der Waals surface area contributed by atoms with Crippen LogP contribution in [-0.4, -0.2) is 39.4 Å². The van der Waals surface area contributed by atoms with Crippen LogP contribution in [0.4, 0.5) is 4.39 Å². The molecule has 2 N–H and O–H groups in total. The number of hydrogen-bond donors (Lipinski definition) is 2. The molecule has 1 atom stereocenters. The minimum atomic E-state index is -1.30. The van der Waals surface area contributed by atoms with E-state index in [4.69, 9.17) is 13.9 Å². The lowest BCUT2D eigenvalue weighted by Gasteiger charge is -2.17. The van der Waals surface area contributed by atoms with E-state index >= 15 is 0 Å². The SMILES string of the molecule is COc1ccccc1C[C@@H](Oc1ncnc2sc(-c3ccco3)c(-c3ccc(O)c(F)c3C)c12)C(=O)O. The first-order valence-electron chi connectivity index (χ1n) is 11.2. The van der Waals surface area contributed by atoms with Crippen LogP contribution in [0.15, 0.2) is 65.5 Å². The summed E-state index contributed by atoms with van der Waals surface area (Å²) in [6.45, 7) is 1.55. The number of rotatable bonds is 8. The number of carboxylic acid groups (broad SMARTS) is 1. The number of carboxylic acids is 1. The lowest BCUT2D eigenvalue weighted by molar-refractivity contribution is -0.145. The van der Waals surface area contributed by atoms with Crippen LogP contribution in [0.3, 0.4) is 0 Å². The molecule has 188 valence electrons. The Bertz CT molecular complexity index is 1600. The molecule has 10 heteroatoms. The average Bonchev–Trinajstić information content (AvgIpc) is 3.56. The third-order valence-electron chi connectivity index (χ3n) is 5.96. The van der Waals surface area contributed by atoms with Crippen molar-refractivity contribution in [2.75, 3.05) is 7.11 Å². The summed E-state index contributed by atoms with van der Waals surface area (Å²) in [6.07, 6.45) is 1.52. The highest BCUT2D eigenvalue weighted by molar-refractivity contribution is 7.22. The quantitative estimate of drug-likeness (QED) is 0.262. The van der Waals surface area contributed by atoms with Gasteiger partial charge in [0.1, 0.15) is 22.7 Å². The fourth-order valence-electron chi connectivity index (χ4n) is 4.16. The van der Waals surface area contributed by atoms with Crippen LogP contribution in [-0.2, 0) is 11.2 Å². The van der Waals surface area contributed by atoms with Crippen LogP contribution in [0.5, 0.6) is 17.4 Å². The zero-order chi connectivity index (χ0) is 26.1. The minimum Gasteiger partial charge on any atom is -0.505 e. The molecule has 0 saturated carbocycles. The summed E-state index contributed by atoms with van der Waals surface area (Å²) in [7, 11) is 1.51. The molecule has 37 heavy (non-hydrogen) atoms. The summed E-state index contributed by atoms with van der Waals surface area (Å²) in [4.78, 5) is 22.0. The van der Waals surface area contributed by atoms with Crippen molar-refractivity contribution in [1.82, 2.24) is 9.97 Å². The van der Waals surface area contributed by atoms with Crippen molar-refractivity contribution < 1.29 is 33.3 Å². The number of furan rings is 1. The lowest BCUT2D eigenvalue weighted by Crippen LogP contribution is -2.30. The summed E-state index contributed by atoms with van der Waals surface area (Å²) in [5.41, 5.74) is 1.83. The van der Waals surface area contributed by atoms with E-state index in [0.29, 0.717) is 43.3 Å². The number of para-hydroxylation sites is 1. The first kappa shape index (κ1) is 24.3. The van der Waals surface area contributed by atoms with Crippen LogP contribution < -0.4 is 9.47 Å². The molecule has 0 aliphatic heterocycles. The number of hydrogen-bond acceptors (Lipinski definition) is 8. The molecule has 0 amide bonds. The standard InChI is InChI=1S/C27H21FN2O6S/c1-14-16(9-10-17(31)23(14)28)21-22-25(29-13-30-26(22)37-24(21)19-8-5-11-35-19)36-20(27(32)33)12-15-6-3-4-7-18(15)34-2/h3-11,13,20,31H,12H2,1-2H3,(H,32,33)/t20-/m1/s1. The van der Waals surface area contributed by atoms with Gasteiger partial charge in [0.15, 0.2) is 11.6 Å². The number of phenolic OH excluding ortho intramolecular Hbond substituents is 1. The van der Waals surface area contributed by atoms with Gasteiger partial charge in [-0.25, -0.2) is 19.2 Å². The number of carbonyl (C=O) groups is 1. The molecular weight excluding hydrogens is 499 g/mol. The number of aliphatic carboxylic acids is 1. The Kier molecular flexibility index (Phi) is 6.49. The fraction of sp³-hybridized carbons (Fsp3) is 0.148. The van der Waals surface area contributed by atoms with Crippen molar-refractivity contribution in [3.63, 3.8) is 0 Å². The topological polar surface area (TPSA) is 115 Å². The highest BCUT2D eigenvalue weighted by Gasteiger charge is 2.28. The van der Waals surface area contributed by atoms with Gasteiger partial charge in [0.2, 0.25) is 12.0 Å². The van der Waals surface area contributed by atoms with E-state index < -0.39 is 23.6 Å². The number of methoxy groups -OCH3 is 1. The van der Waals surface area contributed by atoms with Gasteiger partial charge in [0.05, 0.1) is 23.6 Å². The van der Waals surface area contributed by atoms with Crippen molar-refractivity contribution in [1.29, 1.82) is 0 Å². The Morgan fingerprint density at radius 3 is 2.70 bits per heavy atom. The maximum Gasteiger partial charge on any atom is 0.345 e. The van der Waals surface area contributed by atoms with Crippen LogP contribution in [0.2, 0.25) is 0 Å². The molecule has 5 rings (SSSR count). The number of phenols is 1. The average molecular weight is 521 g/mol. The normalized spacial score (nSPS) is 12.0. The van der Waals surface area contributed by atoms with Gasteiger partial charge in [-0.1, -0.05) is 24.3 Å². The molecule has 0 unspecified atom stereocenters. The summed E-state index contributed by atoms with van der Waals surface area (Å²) in [6, 6.07) is 13.4. The van der Waals surface area contributed by atoms with Crippen LogP contribution in [0.1, 0.15) is 11.1 Å². The number of thiophene rings is 1. The van der Waals surface area contributed by atoms with E-state index in [1.165, 1.54) is 37.1 Å². The molecule has 0 spiro atoms. The second-order valence-electron chi connectivity index (χ2n) is 8.17. The van der Waals surface area contributed by atoms with Crippen molar-refractivity contribution in [2.24, 2.45) is 0 Å². The van der Waals surface area contributed by atoms with E-state index in [1.807, 2.05) is 0 Å². The van der Waals surface area contributed by atoms with Gasteiger partial charge in [-0.05, 0) is 47.9 Å². The third kappa shape index (κ3) is 4.47. The predicted octanol–water partition coefficient (Wildman–Crippen LogP) is 5.85. The van der Waals surface area contributed by atoms with Crippen molar-refractivity contribution in [3.8, 4) is 39.1 Å². The van der Waals surface area contributed by atoms with E-state index in [-0.39, 0.29) is 17.9 Å². The van der Waals surface area contributed by atoms with Gasteiger partial charge in [0.25, 0.3) is 0 Å². The predicted molar refractivity (Wildman–Crippen MR) is 136 cm³/mol. The number of aromatic nitrogens is 2. The van der Waals surface area contributed by atoms with Crippen molar-refractivity contribution in [2.45, 2.75) is 19.4 Å². The summed E-state index contributed by atoms with van der Waals surface area (Å²) < 4.78 is 31.8. The summed E-state index contributed by atoms with van der Waals surface area (Å²) in [5.74, 6) is -1.34. The molecule has 2 aromatic carbocycles. The molecule has 0 aliphatic rings. The highest BCUT2D eigenvalue weighted by Crippen LogP contribution is 2.48. The number of nitrogens with zero attached hydrogens (tertiary/aromatic N) is 2. The van der Waals surface area contributed by atoms with Crippen LogP contribution in [0, 0.1) is 12.7 Å². The Labute approximate surface area is 214 Å². The molecule has 5 aromatic rings. The maximum absolute atomic E-state index is 14.8. The van der Waals surface area contributed by atoms with Crippen molar-refractivity contribution >= 4 is 27.5 Å². The molecule has 0 saturated heterocycles. The smallest absolute Gasteiger partial charge is 0.345 e. The highest BCUT2D eigenvalue weighted by atomic mass is 32.1. The Morgan fingerprint density at radius 2 is 1.97 bits per heavy atom. The molecule has 0 radical (unpaired) electrons. The van der Waals surface area contributed by atoms with E-state index in [2.05, 4.69) is 9.97 Å². The second-order valence-corrected chi connectivity index (χ2v) is 9.17. The van der Waals surface area contributed by atoms with Gasteiger partial charge in [0, 0.05) is 12.0 Å². The minimum absolute atomic E-state index is 0.0161. The molecule has 3 heterocycles. The van der Waals surface area contributed by atoms with E-state index in [9.17, 15) is 19.4 Å². The van der Waals surface area contributed by atoms with Gasteiger partial charge in [-0.3, -0.25) is 0 Å². The molecular formula is C27H21FN2O6S. The van der Waals surface area contributed by atoms with Gasteiger partial charge in [-0.2, -0.15) is 0 Å². The second kappa shape index (κ2) is 9.90. The zero-order valence-corrected chi connectivity index (χ0v) is 20.6. The zero-order valence-electron chi connectivity index (χ0n) is 19.8. The van der Waals surface area contributed by atoms with Crippen molar-refractivity contribution in [3.05, 3.63) is 78.1 Å². The fourth-order valence-corrected chi connectivity index (χ4v) is 5.28. The Hall–Kier alpha value is -4.44. The van der Waals surface area contributed by atoms with Gasteiger partial charge in [-0.15, -0.1) is 11.3 Å². The molecule has 0 fully saturated rings. The van der Waals surface area contributed by atoms with E-state index in [0.717, 1.165) is 0 Å². The first-order chi connectivity index (χ1) is 17.9. The Morgan fingerprint density at radius 1 is 1.16 bits per heavy atom. The number of benzene rings is 2. The molecule has 3 aromatic heterocycles. The molecule has 0 aliphatic carbocycles. The number of fused-ring (bicyclic) bond motifs is 1. The summed E-state index contributed by atoms with van der Waals surface area (Å²) >= 11 is 1.28. The Balaban J connectivity index is 1.69. The molecule has 0 bridgehead atoms. The number of halogens is 1. The third-order valence-corrected chi connectivity index (χ3v) is 7.07. The van der Waals surface area contributed by atoms with Crippen LogP contribution >= 0.6 is 11.3 Å². The van der Waals surface area contributed by atoms with Crippen LogP contribution in [0.25, 0.3) is 32.0 Å². The maximum atomic E-state index is 14.8. The monoisotopic (exact) mass is 520 g/mol. The first-order valence-corrected chi connectivity index (χ1v) is 12.0.